The summed E-state index contributed by atoms with van der Waals surface area (Å²) in [4.78, 5) is 11.4. The minimum atomic E-state index is 0.340. The van der Waals surface area contributed by atoms with Crippen LogP contribution in [0.3, 0.4) is 0 Å². The minimum Gasteiger partial charge on any atom is -0.496 e. The number of ketones is 1. The van der Waals surface area contributed by atoms with Crippen LogP contribution in [-0.4, -0.2) is 12.9 Å². The smallest absolute Gasteiger partial charge is 0.137 e. The molecule has 0 atom stereocenters. The number of carbonyl (C=O) groups excluding carboxylic acids is 1. The molecule has 2 nitrogen and oxygen atoms in total. The Labute approximate surface area is 96.6 Å². The number of Topliss-reactive ketones (excluding diaryl/α,β-unsaturated/α-hetero) is 1. The van der Waals surface area contributed by atoms with Gasteiger partial charge in [0, 0.05) is 12.8 Å². The molecule has 0 heterocycles. The normalized spacial score (nSPS) is 15.1. The first-order valence-electron chi connectivity index (χ1n) is 5.83. The number of ether oxygens (including phenoxy) is 1. The van der Waals surface area contributed by atoms with Crippen molar-refractivity contribution in [3.8, 4) is 5.75 Å². The van der Waals surface area contributed by atoms with Gasteiger partial charge in [0.1, 0.15) is 11.5 Å². The Hall–Kier alpha value is -1.31. The van der Waals surface area contributed by atoms with Gasteiger partial charge in [0.15, 0.2) is 0 Å². The monoisotopic (exact) mass is 218 g/mol. The molecule has 2 heteroatoms. The zero-order chi connectivity index (χ0) is 11.7. The van der Waals surface area contributed by atoms with Crippen molar-refractivity contribution in [2.45, 2.75) is 39.0 Å². The zero-order valence-corrected chi connectivity index (χ0v) is 10.2. The number of rotatable bonds is 2. The molecule has 1 aliphatic carbocycles. The molecule has 0 radical (unpaired) electrons. The third-order valence-electron chi connectivity index (χ3n) is 3.23. The molecule has 1 aromatic carbocycles. The first-order valence-corrected chi connectivity index (χ1v) is 5.83. The van der Waals surface area contributed by atoms with Gasteiger partial charge in [-0.1, -0.05) is 19.9 Å². The van der Waals surface area contributed by atoms with Crippen molar-refractivity contribution in [2.24, 2.45) is 0 Å². The van der Waals surface area contributed by atoms with Gasteiger partial charge in [-0.15, -0.1) is 0 Å². The standard InChI is InChI=1S/C14H18O2/c1-9(2)13-7-10-4-5-12(15)6-11(10)8-14(13)16-3/h7-9H,4-6H2,1-3H3. The van der Waals surface area contributed by atoms with Crippen molar-refractivity contribution in [3.63, 3.8) is 0 Å². The Morgan fingerprint density at radius 2 is 1.94 bits per heavy atom. The Morgan fingerprint density at radius 3 is 2.56 bits per heavy atom. The largest absolute Gasteiger partial charge is 0.496 e. The van der Waals surface area contributed by atoms with Gasteiger partial charge in [0.2, 0.25) is 0 Å². The van der Waals surface area contributed by atoms with Gasteiger partial charge in [0.25, 0.3) is 0 Å². The van der Waals surface area contributed by atoms with Gasteiger partial charge in [-0.2, -0.15) is 0 Å². The number of carbonyl (C=O) groups is 1. The van der Waals surface area contributed by atoms with Crippen LogP contribution in [0.4, 0.5) is 0 Å². The van der Waals surface area contributed by atoms with E-state index in [1.54, 1.807) is 7.11 Å². The molecule has 1 aromatic rings. The molecule has 0 bridgehead atoms. The molecule has 0 aliphatic heterocycles. The summed E-state index contributed by atoms with van der Waals surface area (Å²) in [5, 5.41) is 0. The lowest BCUT2D eigenvalue weighted by Crippen LogP contribution is -2.14. The summed E-state index contributed by atoms with van der Waals surface area (Å²) in [6.45, 7) is 4.33. The van der Waals surface area contributed by atoms with Crippen molar-refractivity contribution >= 4 is 5.78 Å². The van der Waals surface area contributed by atoms with Crippen molar-refractivity contribution in [2.75, 3.05) is 7.11 Å². The molecule has 2 rings (SSSR count). The van der Waals surface area contributed by atoms with Crippen LogP contribution in [0.1, 0.15) is 42.9 Å². The quantitative estimate of drug-likeness (QED) is 0.763. The Bertz CT molecular complexity index is 419. The van der Waals surface area contributed by atoms with Crippen molar-refractivity contribution in [3.05, 3.63) is 28.8 Å². The number of hydrogen-bond donors (Lipinski definition) is 0. The summed E-state index contributed by atoms with van der Waals surface area (Å²) >= 11 is 0. The second-order valence-electron chi connectivity index (χ2n) is 4.73. The lowest BCUT2D eigenvalue weighted by molar-refractivity contribution is -0.118. The van der Waals surface area contributed by atoms with Crippen LogP contribution in [0.15, 0.2) is 12.1 Å². The maximum absolute atomic E-state index is 11.4. The van der Waals surface area contributed by atoms with E-state index >= 15 is 0 Å². The van der Waals surface area contributed by atoms with Crippen LogP contribution < -0.4 is 4.74 Å². The lowest BCUT2D eigenvalue weighted by atomic mass is 9.87. The van der Waals surface area contributed by atoms with Crippen molar-refractivity contribution < 1.29 is 9.53 Å². The van der Waals surface area contributed by atoms with Crippen LogP contribution in [0, 0.1) is 0 Å². The van der Waals surface area contributed by atoms with E-state index in [0.29, 0.717) is 24.5 Å². The molecule has 0 amide bonds. The molecule has 0 saturated carbocycles. The van der Waals surface area contributed by atoms with Gasteiger partial charge >= 0.3 is 0 Å². The molecule has 0 fully saturated rings. The van der Waals surface area contributed by atoms with Crippen molar-refractivity contribution in [1.29, 1.82) is 0 Å². The summed E-state index contributed by atoms with van der Waals surface area (Å²) in [5.41, 5.74) is 3.72. The van der Waals surface area contributed by atoms with E-state index in [4.69, 9.17) is 4.74 Å². The van der Waals surface area contributed by atoms with Crippen molar-refractivity contribution in [1.82, 2.24) is 0 Å². The SMILES string of the molecule is COc1cc2c(cc1C(C)C)CCC(=O)C2. The molecular weight excluding hydrogens is 200 g/mol. The Kier molecular flexibility index (Phi) is 2.99. The first-order chi connectivity index (χ1) is 7.61. The highest BCUT2D eigenvalue weighted by molar-refractivity contribution is 5.83. The summed E-state index contributed by atoms with van der Waals surface area (Å²) in [6, 6.07) is 4.26. The predicted molar refractivity (Wildman–Crippen MR) is 64.1 cm³/mol. The number of hydrogen-bond acceptors (Lipinski definition) is 2. The highest BCUT2D eigenvalue weighted by Gasteiger charge is 2.19. The molecule has 1 aliphatic rings. The fourth-order valence-electron chi connectivity index (χ4n) is 2.29. The summed E-state index contributed by atoms with van der Waals surface area (Å²) in [6.07, 6.45) is 2.15. The van der Waals surface area contributed by atoms with Crippen LogP contribution in [-0.2, 0) is 17.6 Å². The van der Waals surface area contributed by atoms with Gasteiger partial charge in [-0.3, -0.25) is 4.79 Å². The Balaban J connectivity index is 2.48. The molecule has 86 valence electrons. The number of methoxy groups -OCH3 is 1. The number of aryl methyl sites for hydroxylation is 1. The highest BCUT2D eigenvalue weighted by Crippen LogP contribution is 2.32. The number of fused-ring (bicyclic) bond motifs is 1. The zero-order valence-electron chi connectivity index (χ0n) is 10.2. The second kappa shape index (κ2) is 4.28. The van der Waals surface area contributed by atoms with Crippen LogP contribution in [0.25, 0.3) is 0 Å². The Morgan fingerprint density at radius 1 is 1.19 bits per heavy atom. The van der Waals surface area contributed by atoms with Gasteiger partial charge in [0.05, 0.1) is 7.11 Å². The van der Waals surface area contributed by atoms with Crippen LogP contribution >= 0.6 is 0 Å². The molecular formula is C14H18O2. The van der Waals surface area contributed by atoms with Gasteiger partial charge < -0.3 is 4.74 Å². The average Bonchev–Trinajstić information content (AvgIpc) is 2.26. The lowest BCUT2D eigenvalue weighted by Gasteiger charge is -2.20. The number of benzene rings is 1. The minimum absolute atomic E-state index is 0.340. The molecule has 0 spiro atoms. The summed E-state index contributed by atoms with van der Waals surface area (Å²) in [7, 11) is 1.69. The predicted octanol–water partition coefficient (Wildman–Crippen LogP) is 2.88. The maximum Gasteiger partial charge on any atom is 0.137 e. The highest BCUT2D eigenvalue weighted by atomic mass is 16.5. The van der Waals surface area contributed by atoms with E-state index in [9.17, 15) is 4.79 Å². The molecule has 0 unspecified atom stereocenters. The molecule has 0 saturated heterocycles. The van der Waals surface area contributed by atoms with E-state index in [1.165, 1.54) is 11.1 Å². The maximum atomic E-state index is 11.4. The molecule has 16 heavy (non-hydrogen) atoms. The van der Waals surface area contributed by atoms with E-state index < -0.39 is 0 Å². The molecule has 0 aromatic heterocycles. The summed E-state index contributed by atoms with van der Waals surface area (Å²) < 4.78 is 5.40. The fourth-order valence-corrected chi connectivity index (χ4v) is 2.29. The topological polar surface area (TPSA) is 26.3 Å². The van der Waals surface area contributed by atoms with Gasteiger partial charge in [-0.05, 0) is 35.1 Å². The van der Waals surface area contributed by atoms with E-state index in [1.807, 2.05) is 6.07 Å². The second-order valence-corrected chi connectivity index (χ2v) is 4.73. The average molecular weight is 218 g/mol. The van der Waals surface area contributed by atoms with Crippen LogP contribution in [0.2, 0.25) is 0 Å². The first kappa shape index (κ1) is 11.2. The third-order valence-corrected chi connectivity index (χ3v) is 3.23. The third kappa shape index (κ3) is 1.97. The summed E-state index contributed by atoms with van der Waals surface area (Å²) in [5.74, 6) is 1.72. The van der Waals surface area contributed by atoms with E-state index in [-0.39, 0.29) is 0 Å². The fraction of sp³-hybridized carbons (Fsp3) is 0.500. The van der Waals surface area contributed by atoms with E-state index in [2.05, 4.69) is 19.9 Å². The van der Waals surface area contributed by atoms with E-state index in [0.717, 1.165) is 17.7 Å². The van der Waals surface area contributed by atoms with Gasteiger partial charge in [-0.25, -0.2) is 0 Å². The molecule has 0 N–H and O–H groups in total. The van der Waals surface area contributed by atoms with Crippen LogP contribution in [0.5, 0.6) is 5.75 Å².